The fraction of sp³-hybridized carbons (Fsp3) is 0. The summed E-state index contributed by atoms with van der Waals surface area (Å²) in [5.41, 5.74) is 1.21. The third-order valence-corrected chi connectivity index (χ3v) is 3.55. The second kappa shape index (κ2) is 3.21. The lowest BCUT2D eigenvalue weighted by atomic mass is 10.2. The SMILES string of the molecule is N=c1scc(-c2ccccc2)s1. The van der Waals surface area contributed by atoms with Crippen molar-refractivity contribution in [3.63, 3.8) is 0 Å². The first-order valence-electron chi connectivity index (χ1n) is 3.55. The summed E-state index contributed by atoms with van der Waals surface area (Å²) in [4.78, 5) is 1.19. The van der Waals surface area contributed by atoms with Crippen LogP contribution in [0.2, 0.25) is 0 Å². The van der Waals surface area contributed by atoms with Crippen molar-refractivity contribution in [3.8, 4) is 10.4 Å². The van der Waals surface area contributed by atoms with Crippen LogP contribution in [0.15, 0.2) is 35.7 Å². The van der Waals surface area contributed by atoms with Crippen LogP contribution in [0.25, 0.3) is 10.4 Å². The molecule has 0 aliphatic carbocycles. The molecule has 3 heteroatoms. The lowest BCUT2D eigenvalue weighted by Crippen LogP contribution is -1.75. The first-order valence-corrected chi connectivity index (χ1v) is 5.24. The predicted molar refractivity (Wildman–Crippen MR) is 53.5 cm³/mol. The van der Waals surface area contributed by atoms with Gasteiger partial charge in [0.05, 0.1) is 0 Å². The Morgan fingerprint density at radius 2 is 1.83 bits per heavy atom. The molecule has 1 nitrogen and oxygen atoms in total. The third-order valence-electron chi connectivity index (χ3n) is 1.53. The van der Waals surface area contributed by atoms with E-state index in [2.05, 4.69) is 12.1 Å². The van der Waals surface area contributed by atoms with E-state index in [9.17, 15) is 0 Å². The quantitative estimate of drug-likeness (QED) is 0.720. The van der Waals surface area contributed by atoms with Crippen molar-refractivity contribution < 1.29 is 0 Å². The molecule has 0 aliphatic rings. The summed E-state index contributed by atoms with van der Waals surface area (Å²) in [5.74, 6) is 0. The maximum atomic E-state index is 7.40. The van der Waals surface area contributed by atoms with Gasteiger partial charge in [0.15, 0.2) is 3.98 Å². The van der Waals surface area contributed by atoms with Gasteiger partial charge < -0.3 is 0 Å². The van der Waals surface area contributed by atoms with Gasteiger partial charge in [-0.25, -0.2) is 0 Å². The van der Waals surface area contributed by atoms with E-state index in [1.165, 1.54) is 33.1 Å². The first-order chi connectivity index (χ1) is 5.86. The average Bonchev–Trinajstić information content (AvgIpc) is 2.54. The normalized spacial score (nSPS) is 10.0. The van der Waals surface area contributed by atoms with Gasteiger partial charge in [0.1, 0.15) is 0 Å². The van der Waals surface area contributed by atoms with Crippen LogP contribution in [0, 0.1) is 5.41 Å². The van der Waals surface area contributed by atoms with Crippen molar-refractivity contribution in [2.24, 2.45) is 0 Å². The highest BCUT2D eigenvalue weighted by atomic mass is 32.2. The molecule has 0 bridgehead atoms. The maximum absolute atomic E-state index is 7.40. The largest absolute Gasteiger partial charge is 0.281 e. The lowest BCUT2D eigenvalue weighted by molar-refractivity contribution is 1.41. The lowest BCUT2D eigenvalue weighted by Gasteiger charge is -1.92. The summed E-state index contributed by atoms with van der Waals surface area (Å²) < 4.78 is 0.661. The maximum Gasteiger partial charge on any atom is 0.163 e. The molecule has 0 fully saturated rings. The van der Waals surface area contributed by atoms with Crippen LogP contribution < -0.4 is 3.98 Å². The Bertz CT molecular complexity index is 413. The van der Waals surface area contributed by atoms with Gasteiger partial charge in [-0.3, -0.25) is 5.41 Å². The van der Waals surface area contributed by atoms with Gasteiger partial charge in [-0.15, -0.1) is 22.7 Å². The second-order valence-electron chi connectivity index (χ2n) is 2.36. The minimum absolute atomic E-state index is 0.661. The van der Waals surface area contributed by atoms with E-state index < -0.39 is 0 Å². The Morgan fingerprint density at radius 3 is 2.42 bits per heavy atom. The van der Waals surface area contributed by atoms with Crippen LogP contribution in [0.3, 0.4) is 0 Å². The molecule has 0 radical (unpaired) electrons. The van der Waals surface area contributed by atoms with E-state index in [0.29, 0.717) is 3.98 Å². The molecule has 1 heterocycles. The molecule has 2 aromatic rings. The van der Waals surface area contributed by atoms with Crippen LogP contribution in [0.4, 0.5) is 0 Å². The molecule has 60 valence electrons. The van der Waals surface area contributed by atoms with Gasteiger partial charge >= 0.3 is 0 Å². The van der Waals surface area contributed by atoms with Crippen molar-refractivity contribution in [2.45, 2.75) is 0 Å². The van der Waals surface area contributed by atoms with Gasteiger partial charge in [-0.2, -0.15) is 0 Å². The molecule has 0 aliphatic heterocycles. The average molecular weight is 193 g/mol. The highest BCUT2D eigenvalue weighted by Gasteiger charge is 1.97. The van der Waals surface area contributed by atoms with Crippen LogP contribution in [0.1, 0.15) is 0 Å². The molecular formula is C9H7NS2. The molecule has 0 spiro atoms. The van der Waals surface area contributed by atoms with Crippen LogP contribution in [0.5, 0.6) is 0 Å². The Balaban J connectivity index is 2.51. The van der Waals surface area contributed by atoms with Crippen molar-refractivity contribution in [2.75, 3.05) is 0 Å². The standard InChI is InChI=1S/C9H7NS2/c10-9-11-6-8(12-9)7-4-2-1-3-5-7/h1-6,10H. The smallest absolute Gasteiger partial charge is 0.163 e. The van der Waals surface area contributed by atoms with Crippen molar-refractivity contribution in [1.29, 1.82) is 5.41 Å². The summed E-state index contributed by atoms with van der Waals surface area (Å²) in [6.07, 6.45) is 0. The summed E-state index contributed by atoms with van der Waals surface area (Å²) in [6, 6.07) is 10.2. The van der Waals surface area contributed by atoms with Crippen LogP contribution in [-0.4, -0.2) is 0 Å². The number of rotatable bonds is 1. The Kier molecular flexibility index (Phi) is 2.06. The predicted octanol–water partition coefficient (Wildman–Crippen LogP) is 2.96. The molecule has 0 saturated carbocycles. The van der Waals surface area contributed by atoms with Gasteiger partial charge in [-0.1, -0.05) is 30.3 Å². The van der Waals surface area contributed by atoms with Gasteiger partial charge in [0.25, 0.3) is 0 Å². The number of nitrogens with one attached hydrogen (secondary N) is 1. The Morgan fingerprint density at radius 1 is 1.08 bits per heavy atom. The fourth-order valence-corrected chi connectivity index (χ4v) is 2.73. The van der Waals surface area contributed by atoms with E-state index in [1.54, 1.807) is 0 Å². The van der Waals surface area contributed by atoms with Crippen molar-refractivity contribution in [3.05, 3.63) is 39.7 Å². The van der Waals surface area contributed by atoms with E-state index in [-0.39, 0.29) is 0 Å². The van der Waals surface area contributed by atoms with Crippen molar-refractivity contribution >= 4 is 22.7 Å². The summed E-state index contributed by atoms with van der Waals surface area (Å²) in [6.45, 7) is 0. The molecule has 2 rings (SSSR count). The molecule has 12 heavy (non-hydrogen) atoms. The summed E-state index contributed by atoms with van der Waals surface area (Å²) in [5, 5.41) is 9.43. The van der Waals surface area contributed by atoms with Crippen LogP contribution in [-0.2, 0) is 0 Å². The Hall–Kier alpha value is -0.930. The number of hydrogen-bond acceptors (Lipinski definition) is 3. The topological polar surface area (TPSA) is 23.9 Å². The van der Waals surface area contributed by atoms with Crippen molar-refractivity contribution in [1.82, 2.24) is 0 Å². The zero-order valence-electron chi connectivity index (χ0n) is 6.28. The number of hydrogen-bond donors (Lipinski definition) is 1. The molecule has 0 saturated heterocycles. The van der Waals surface area contributed by atoms with Gasteiger partial charge in [-0.05, 0) is 5.56 Å². The molecule has 0 unspecified atom stereocenters. The molecule has 1 N–H and O–H groups in total. The molecule has 1 aromatic carbocycles. The fourth-order valence-electron chi connectivity index (χ4n) is 0.984. The minimum Gasteiger partial charge on any atom is -0.281 e. The molecule has 0 amide bonds. The highest BCUT2D eigenvalue weighted by Crippen LogP contribution is 2.22. The minimum atomic E-state index is 0.661. The molecule has 1 aromatic heterocycles. The van der Waals surface area contributed by atoms with E-state index in [1.807, 2.05) is 23.6 Å². The Labute approximate surface area is 78.5 Å². The zero-order valence-corrected chi connectivity index (χ0v) is 7.91. The summed E-state index contributed by atoms with van der Waals surface area (Å²) >= 11 is 3.01. The zero-order chi connectivity index (χ0) is 8.39. The first kappa shape index (κ1) is 7.71. The third kappa shape index (κ3) is 1.47. The molecular weight excluding hydrogens is 186 g/mol. The second-order valence-corrected chi connectivity index (χ2v) is 4.55. The van der Waals surface area contributed by atoms with E-state index in [0.717, 1.165) is 0 Å². The monoisotopic (exact) mass is 193 g/mol. The highest BCUT2D eigenvalue weighted by molar-refractivity contribution is 7.28. The molecule has 0 atom stereocenters. The van der Waals surface area contributed by atoms with Gasteiger partial charge in [0.2, 0.25) is 0 Å². The van der Waals surface area contributed by atoms with E-state index in [4.69, 9.17) is 5.41 Å². The number of benzene rings is 1. The summed E-state index contributed by atoms with van der Waals surface area (Å²) in [7, 11) is 0. The van der Waals surface area contributed by atoms with Crippen LogP contribution >= 0.6 is 22.7 Å². The van der Waals surface area contributed by atoms with Gasteiger partial charge in [0, 0.05) is 10.3 Å². The van der Waals surface area contributed by atoms with E-state index >= 15 is 0 Å².